The van der Waals surface area contributed by atoms with Gasteiger partial charge in [-0.05, 0) is 29.8 Å². The predicted octanol–water partition coefficient (Wildman–Crippen LogP) is 2.58. The number of urea groups is 1. The molecule has 2 aromatic carbocycles. The van der Waals surface area contributed by atoms with E-state index in [-0.39, 0.29) is 43.9 Å². The molecule has 1 saturated heterocycles. The Bertz CT molecular complexity index is 1240. The number of morpholine rings is 1. The van der Waals surface area contributed by atoms with Gasteiger partial charge in [-0.3, -0.25) is 19.9 Å². The van der Waals surface area contributed by atoms with Crippen molar-refractivity contribution in [3.8, 4) is 11.5 Å². The molecule has 0 saturated carbocycles. The first kappa shape index (κ1) is 25.5. The van der Waals surface area contributed by atoms with Crippen molar-refractivity contribution in [2.75, 3.05) is 45.9 Å². The maximum absolute atomic E-state index is 13.6. The number of carbonyl (C=O) groups is 3. The van der Waals surface area contributed by atoms with Crippen molar-refractivity contribution < 1.29 is 23.9 Å². The highest BCUT2D eigenvalue weighted by molar-refractivity contribution is 6.01. The van der Waals surface area contributed by atoms with Gasteiger partial charge < -0.3 is 19.7 Å². The Morgan fingerprint density at radius 1 is 1.11 bits per heavy atom. The third kappa shape index (κ3) is 5.56. The monoisotopic (exact) mass is 517 g/mol. The van der Waals surface area contributed by atoms with Crippen LogP contribution in [0.25, 0.3) is 0 Å². The first-order valence-corrected chi connectivity index (χ1v) is 12.7. The fourth-order valence-electron chi connectivity index (χ4n) is 4.83. The Labute approximate surface area is 221 Å². The molecule has 0 radical (unpaired) electrons. The summed E-state index contributed by atoms with van der Waals surface area (Å²) < 4.78 is 11.3. The van der Waals surface area contributed by atoms with E-state index in [0.717, 1.165) is 5.56 Å². The number of nitrogens with zero attached hydrogens (tertiary/aromatic N) is 3. The second-order valence-corrected chi connectivity index (χ2v) is 9.24. The van der Waals surface area contributed by atoms with Crippen molar-refractivity contribution in [2.45, 2.75) is 12.5 Å². The zero-order valence-corrected chi connectivity index (χ0v) is 21.1. The van der Waals surface area contributed by atoms with Crippen molar-refractivity contribution in [3.05, 3.63) is 84.1 Å². The quantitative estimate of drug-likeness (QED) is 0.496. The van der Waals surface area contributed by atoms with Crippen LogP contribution in [0.1, 0.15) is 18.0 Å². The number of amides is 4. The van der Waals surface area contributed by atoms with Crippen LogP contribution < -0.4 is 15.5 Å². The molecule has 0 aliphatic carbocycles. The molecule has 0 bridgehead atoms. The maximum Gasteiger partial charge on any atom is 0.322 e. The van der Waals surface area contributed by atoms with E-state index in [9.17, 15) is 14.4 Å². The van der Waals surface area contributed by atoms with E-state index in [2.05, 4.69) is 17.3 Å². The lowest BCUT2D eigenvalue weighted by molar-refractivity contribution is -0.130. The van der Waals surface area contributed by atoms with Gasteiger partial charge in [0.1, 0.15) is 11.5 Å². The highest BCUT2D eigenvalue weighted by atomic mass is 16.5. The second-order valence-electron chi connectivity index (χ2n) is 9.24. The van der Waals surface area contributed by atoms with Crippen molar-refractivity contribution in [3.63, 3.8) is 0 Å². The van der Waals surface area contributed by atoms with Crippen LogP contribution in [-0.4, -0.2) is 78.6 Å². The van der Waals surface area contributed by atoms with Crippen LogP contribution in [0.3, 0.4) is 0 Å². The fraction of sp³-hybridized carbons (Fsp3) is 0.321. The number of nitrogens with one attached hydrogen (secondary N) is 2. The van der Waals surface area contributed by atoms with E-state index in [1.807, 2.05) is 59.6 Å². The summed E-state index contributed by atoms with van der Waals surface area (Å²) in [6.07, 6.45) is 1.78. The molecule has 2 N–H and O–H groups in total. The van der Waals surface area contributed by atoms with E-state index in [1.54, 1.807) is 11.0 Å². The van der Waals surface area contributed by atoms with E-state index < -0.39 is 6.04 Å². The summed E-state index contributed by atoms with van der Waals surface area (Å²) in [7, 11) is 0. The van der Waals surface area contributed by atoms with Gasteiger partial charge in [0.15, 0.2) is 0 Å². The summed E-state index contributed by atoms with van der Waals surface area (Å²) in [6.45, 7) is 6.91. The molecule has 0 aromatic heterocycles. The lowest BCUT2D eigenvalue weighted by atomic mass is 9.95. The molecular weight excluding hydrogens is 486 g/mol. The number of hydrogen-bond acceptors (Lipinski definition) is 6. The third-order valence-corrected chi connectivity index (χ3v) is 6.68. The Morgan fingerprint density at radius 2 is 1.87 bits per heavy atom. The van der Waals surface area contributed by atoms with E-state index in [1.165, 1.54) is 4.90 Å². The molecule has 198 valence electrons. The number of hydrogen-bond donors (Lipinski definition) is 2. The zero-order chi connectivity index (χ0) is 26.5. The van der Waals surface area contributed by atoms with E-state index in [0.29, 0.717) is 49.1 Å². The van der Waals surface area contributed by atoms with Gasteiger partial charge in [-0.1, -0.05) is 36.4 Å². The van der Waals surface area contributed by atoms with Gasteiger partial charge in [0, 0.05) is 32.6 Å². The Kier molecular flexibility index (Phi) is 7.71. The molecule has 10 nitrogen and oxygen atoms in total. The number of hydrazine groups is 1. The third-order valence-electron chi connectivity index (χ3n) is 6.68. The van der Waals surface area contributed by atoms with Crippen molar-refractivity contribution in [1.29, 1.82) is 0 Å². The van der Waals surface area contributed by atoms with Crippen molar-refractivity contribution in [1.82, 2.24) is 25.6 Å². The minimum absolute atomic E-state index is 0.150. The standard InChI is InChI=1S/C28H31N5O5/c1-2-12-33-23-19-31(13-11-24(34)30-32-14-16-37-17-15-32)27(35)25(23)26(29-28(33)36)20-7-6-10-22(18-20)38-21-8-4-3-5-9-21/h2-10,18,26H,1,11-17,19H2,(H,29,36)(H,30,34). The summed E-state index contributed by atoms with van der Waals surface area (Å²) in [4.78, 5) is 42.4. The maximum atomic E-state index is 13.6. The molecule has 1 unspecified atom stereocenters. The molecule has 1 fully saturated rings. The Morgan fingerprint density at radius 3 is 2.63 bits per heavy atom. The molecule has 2 aromatic rings. The van der Waals surface area contributed by atoms with Gasteiger partial charge in [0.2, 0.25) is 5.91 Å². The van der Waals surface area contributed by atoms with Gasteiger partial charge in [-0.2, -0.15) is 0 Å². The molecule has 1 atom stereocenters. The predicted molar refractivity (Wildman–Crippen MR) is 140 cm³/mol. The summed E-state index contributed by atoms with van der Waals surface area (Å²) in [5.74, 6) is 0.922. The van der Waals surface area contributed by atoms with Crippen LogP contribution in [0.15, 0.2) is 78.5 Å². The second kappa shape index (κ2) is 11.5. The lowest BCUT2D eigenvalue weighted by Gasteiger charge is -2.33. The molecule has 5 rings (SSSR count). The molecule has 0 spiro atoms. The first-order chi connectivity index (χ1) is 18.5. The summed E-state index contributed by atoms with van der Waals surface area (Å²) in [5, 5.41) is 4.81. The minimum atomic E-state index is -0.641. The minimum Gasteiger partial charge on any atom is -0.457 e. The van der Waals surface area contributed by atoms with Crippen LogP contribution in [0.5, 0.6) is 11.5 Å². The van der Waals surface area contributed by atoms with Gasteiger partial charge >= 0.3 is 6.03 Å². The summed E-state index contributed by atoms with van der Waals surface area (Å²) in [6, 6.07) is 15.8. The number of benzene rings is 2. The van der Waals surface area contributed by atoms with Crippen LogP contribution in [0, 0.1) is 0 Å². The topological polar surface area (TPSA) is 103 Å². The van der Waals surface area contributed by atoms with E-state index >= 15 is 0 Å². The number of para-hydroxylation sites is 1. The SMILES string of the molecule is C=CCN1C(=O)NC(c2cccc(Oc3ccccc3)c2)C2=C1CN(CCC(=O)NN1CCOCC1)C2=O. The van der Waals surface area contributed by atoms with Gasteiger partial charge in [-0.25, -0.2) is 9.80 Å². The van der Waals surface area contributed by atoms with Crippen LogP contribution >= 0.6 is 0 Å². The summed E-state index contributed by atoms with van der Waals surface area (Å²) >= 11 is 0. The van der Waals surface area contributed by atoms with E-state index in [4.69, 9.17) is 9.47 Å². The van der Waals surface area contributed by atoms with Gasteiger partial charge in [0.25, 0.3) is 5.91 Å². The number of ether oxygens (including phenoxy) is 2. The van der Waals surface area contributed by atoms with Gasteiger partial charge in [-0.15, -0.1) is 6.58 Å². The largest absolute Gasteiger partial charge is 0.457 e. The normalized spacial score (nSPS) is 19.7. The number of rotatable bonds is 9. The van der Waals surface area contributed by atoms with Crippen molar-refractivity contribution >= 4 is 17.8 Å². The Balaban J connectivity index is 1.33. The Hall–Kier alpha value is -4.15. The first-order valence-electron chi connectivity index (χ1n) is 12.7. The highest BCUT2D eigenvalue weighted by Gasteiger charge is 2.43. The molecule has 10 heteroatoms. The van der Waals surface area contributed by atoms with Crippen LogP contribution in [0.4, 0.5) is 4.79 Å². The molecule has 3 heterocycles. The number of carbonyl (C=O) groups excluding carboxylic acids is 3. The lowest BCUT2D eigenvalue weighted by Crippen LogP contribution is -2.49. The molecule has 4 amide bonds. The average Bonchev–Trinajstić information content (AvgIpc) is 3.26. The van der Waals surface area contributed by atoms with Crippen molar-refractivity contribution in [2.24, 2.45) is 0 Å². The smallest absolute Gasteiger partial charge is 0.322 e. The zero-order valence-electron chi connectivity index (χ0n) is 21.1. The fourth-order valence-corrected chi connectivity index (χ4v) is 4.83. The average molecular weight is 518 g/mol. The molecular formula is C28H31N5O5. The molecule has 3 aliphatic rings. The highest BCUT2D eigenvalue weighted by Crippen LogP contribution is 2.37. The summed E-state index contributed by atoms with van der Waals surface area (Å²) in [5.41, 5.74) is 4.74. The van der Waals surface area contributed by atoms with Crippen LogP contribution in [0.2, 0.25) is 0 Å². The van der Waals surface area contributed by atoms with Crippen LogP contribution in [-0.2, 0) is 14.3 Å². The van der Waals surface area contributed by atoms with Gasteiger partial charge in [0.05, 0.1) is 37.1 Å². The molecule has 3 aliphatic heterocycles. The molecule has 38 heavy (non-hydrogen) atoms.